The highest BCUT2D eigenvalue weighted by Gasteiger charge is 2.27. The predicted octanol–water partition coefficient (Wildman–Crippen LogP) is 1.65. The van der Waals surface area contributed by atoms with Crippen LogP contribution >= 0.6 is 0 Å². The number of non-ortho nitro benzene ring substituents is 1. The number of halogens is 1. The van der Waals surface area contributed by atoms with Crippen molar-refractivity contribution in [1.82, 2.24) is 15.0 Å². The van der Waals surface area contributed by atoms with E-state index in [4.69, 9.17) is 0 Å². The third-order valence-corrected chi connectivity index (χ3v) is 5.56. The Kier molecular flexibility index (Phi) is 5.40. The van der Waals surface area contributed by atoms with Gasteiger partial charge in [0.2, 0.25) is 0 Å². The number of quaternary nitrogens is 1. The molecule has 1 aliphatic heterocycles. The number of likely N-dealkylation sites (tertiary alicyclic amines) is 1. The summed E-state index contributed by atoms with van der Waals surface area (Å²) < 4.78 is 15.2. The maximum atomic E-state index is 13.4. The van der Waals surface area contributed by atoms with E-state index in [2.05, 4.69) is 15.6 Å². The standard InChI is InChI=1S/C20H21FN6O3/c1-13-2-4-16(27(29)30)11-17(13)22-20(28)12-25-8-6-15(7-9-25)26-19-5-3-14(21)10-18(19)23-24-26/h2-5,10-11,15H,6-9,12H2,1H3,(H,22,28)/p+1. The molecule has 0 aliphatic carbocycles. The van der Waals surface area contributed by atoms with E-state index < -0.39 is 4.92 Å². The minimum Gasteiger partial charge on any atom is -0.327 e. The first-order chi connectivity index (χ1) is 14.4. The van der Waals surface area contributed by atoms with Crippen LogP contribution in [0, 0.1) is 22.9 Å². The van der Waals surface area contributed by atoms with Crippen LogP contribution in [-0.2, 0) is 4.79 Å². The van der Waals surface area contributed by atoms with Crippen molar-refractivity contribution in [2.75, 3.05) is 25.0 Å². The molecule has 0 atom stereocenters. The molecule has 9 nitrogen and oxygen atoms in total. The van der Waals surface area contributed by atoms with Crippen LogP contribution in [0.3, 0.4) is 0 Å². The number of nitrogens with zero attached hydrogens (tertiary/aromatic N) is 4. The van der Waals surface area contributed by atoms with Crippen molar-refractivity contribution in [2.24, 2.45) is 0 Å². The fourth-order valence-electron chi connectivity index (χ4n) is 3.90. The van der Waals surface area contributed by atoms with E-state index in [-0.39, 0.29) is 30.0 Å². The minimum absolute atomic E-state index is 0.0519. The van der Waals surface area contributed by atoms with Gasteiger partial charge in [0.05, 0.1) is 35.3 Å². The molecule has 0 spiro atoms. The van der Waals surface area contributed by atoms with Crippen LogP contribution in [0.1, 0.15) is 24.4 Å². The normalized spacial score (nSPS) is 19.0. The zero-order valence-electron chi connectivity index (χ0n) is 16.5. The number of anilines is 1. The lowest BCUT2D eigenvalue weighted by Gasteiger charge is -2.29. The highest BCUT2D eigenvalue weighted by Crippen LogP contribution is 2.23. The van der Waals surface area contributed by atoms with Crippen LogP contribution in [0.4, 0.5) is 15.8 Å². The van der Waals surface area contributed by atoms with Gasteiger partial charge in [0.1, 0.15) is 11.3 Å². The average Bonchev–Trinajstić information content (AvgIpc) is 3.13. The molecule has 10 heteroatoms. The van der Waals surface area contributed by atoms with Gasteiger partial charge in [-0.05, 0) is 24.6 Å². The van der Waals surface area contributed by atoms with Crippen LogP contribution < -0.4 is 10.2 Å². The van der Waals surface area contributed by atoms with Gasteiger partial charge in [0.25, 0.3) is 11.6 Å². The molecule has 156 valence electrons. The number of nitro groups is 1. The third-order valence-electron chi connectivity index (χ3n) is 5.56. The minimum atomic E-state index is -0.479. The van der Waals surface area contributed by atoms with E-state index in [1.165, 1.54) is 24.3 Å². The molecule has 30 heavy (non-hydrogen) atoms. The van der Waals surface area contributed by atoms with Crippen molar-refractivity contribution < 1.29 is 19.0 Å². The Bertz CT molecular complexity index is 1110. The van der Waals surface area contributed by atoms with Gasteiger partial charge in [-0.1, -0.05) is 11.3 Å². The molecule has 3 aromatic rings. The van der Waals surface area contributed by atoms with Crippen molar-refractivity contribution in [3.8, 4) is 0 Å². The third kappa shape index (κ3) is 4.13. The van der Waals surface area contributed by atoms with Crippen LogP contribution in [0.2, 0.25) is 0 Å². The number of nitro benzene ring substituents is 1. The molecule has 1 aliphatic rings. The maximum absolute atomic E-state index is 13.4. The summed E-state index contributed by atoms with van der Waals surface area (Å²) in [4.78, 5) is 24.1. The van der Waals surface area contributed by atoms with Crippen LogP contribution in [0.25, 0.3) is 11.0 Å². The summed E-state index contributed by atoms with van der Waals surface area (Å²) in [5, 5.41) is 22.0. The molecule has 1 amide bonds. The van der Waals surface area contributed by atoms with Gasteiger partial charge in [-0.15, -0.1) is 5.10 Å². The van der Waals surface area contributed by atoms with E-state index in [9.17, 15) is 19.3 Å². The van der Waals surface area contributed by atoms with Crippen molar-refractivity contribution in [3.05, 3.63) is 57.9 Å². The van der Waals surface area contributed by atoms with Crippen molar-refractivity contribution in [2.45, 2.75) is 25.8 Å². The van der Waals surface area contributed by atoms with Gasteiger partial charge in [-0.3, -0.25) is 14.9 Å². The highest BCUT2D eigenvalue weighted by molar-refractivity contribution is 5.92. The second-order valence-electron chi connectivity index (χ2n) is 7.63. The SMILES string of the molecule is Cc1ccc([N+](=O)[O-])cc1NC(=O)C[NH+]1CCC(n2nnc3cc(F)ccc32)CC1. The molecule has 0 radical (unpaired) electrons. The lowest BCUT2D eigenvalue weighted by molar-refractivity contribution is -0.897. The molecule has 1 fully saturated rings. The van der Waals surface area contributed by atoms with Gasteiger partial charge in [-0.25, -0.2) is 9.07 Å². The number of carbonyl (C=O) groups is 1. The number of fused-ring (bicyclic) bond motifs is 1. The zero-order chi connectivity index (χ0) is 21.3. The fourth-order valence-corrected chi connectivity index (χ4v) is 3.90. The first kappa shape index (κ1) is 19.9. The molecule has 0 bridgehead atoms. The lowest BCUT2D eigenvalue weighted by atomic mass is 10.0. The number of carbonyl (C=O) groups excluding carboxylic acids is 1. The molecular formula is C20H22FN6O3+. The molecule has 0 saturated carbocycles. The van der Waals surface area contributed by atoms with E-state index in [0.717, 1.165) is 41.9 Å². The first-order valence-corrected chi connectivity index (χ1v) is 9.79. The molecule has 2 aromatic carbocycles. The zero-order valence-corrected chi connectivity index (χ0v) is 16.5. The number of aromatic nitrogens is 3. The van der Waals surface area contributed by atoms with Crippen molar-refractivity contribution in [3.63, 3.8) is 0 Å². The van der Waals surface area contributed by atoms with Crippen molar-refractivity contribution in [1.29, 1.82) is 0 Å². The number of nitrogens with one attached hydrogen (secondary N) is 2. The summed E-state index contributed by atoms with van der Waals surface area (Å²) in [5.74, 6) is -0.507. The van der Waals surface area contributed by atoms with Gasteiger partial charge < -0.3 is 10.2 Å². The second-order valence-corrected chi connectivity index (χ2v) is 7.63. The van der Waals surface area contributed by atoms with Crippen LogP contribution in [-0.4, -0.2) is 45.5 Å². The Labute approximate surface area is 171 Å². The largest absolute Gasteiger partial charge is 0.327 e. The number of piperidine rings is 1. The molecule has 1 saturated heterocycles. The Hall–Kier alpha value is -3.40. The van der Waals surface area contributed by atoms with E-state index in [1.54, 1.807) is 19.1 Å². The van der Waals surface area contributed by atoms with Gasteiger partial charge in [-0.2, -0.15) is 0 Å². The number of hydrogen-bond donors (Lipinski definition) is 2. The van der Waals surface area contributed by atoms with Crippen molar-refractivity contribution >= 4 is 28.3 Å². The van der Waals surface area contributed by atoms with Gasteiger partial charge in [0, 0.05) is 31.0 Å². The van der Waals surface area contributed by atoms with Crippen LogP contribution in [0.5, 0.6) is 0 Å². The monoisotopic (exact) mass is 413 g/mol. The molecule has 2 heterocycles. The Morgan fingerprint density at radius 2 is 2.07 bits per heavy atom. The van der Waals surface area contributed by atoms with Gasteiger partial charge >= 0.3 is 0 Å². The molecule has 4 rings (SSSR count). The number of hydrogen-bond acceptors (Lipinski definition) is 5. The topological polar surface area (TPSA) is 107 Å². The number of rotatable bonds is 5. The van der Waals surface area contributed by atoms with Gasteiger partial charge in [0.15, 0.2) is 6.54 Å². The Morgan fingerprint density at radius 3 is 2.80 bits per heavy atom. The molecule has 2 N–H and O–H groups in total. The Morgan fingerprint density at radius 1 is 1.30 bits per heavy atom. The van der Waals surface area contributed by atoms with E-state index in [1.807, 2.05) is 4.68 Å². The summed E-state index contributed by atoms with van der Waals surface area (Å²) in [6, 6.07) is 9.06. The second kappa shape index (κ2) is 8.15. The van der Waals surface area contributed by atoms with E-state index >= 15 is 0 Å². The molecule has 0 unspecified atom stereocenters. The molecular weight excluding hydrogens is 391 g/mol. The smallest absolute Gasteiger partial charge is 0.279 e. The average molecular weight is 413 g/mol. The summed E-state index contributed by atoms with van der Waals surface area (Å²) in [5.41, 5.74) is 2.53. The predicted molar refractivity (Wildman–Crippen MR) is 108 cm³/mol. The maximum Gasteiger partial charge on any atom is 0.279 e. The number of aryl methyl sites for hydroxylation is 1. The van der Waals surface area contributed by atoms with Crippen LogP contribution in [0.15, 0.2) is 36.4 Å². The fraction of sp³-hybridized carbons (Fsp3) is 0.350. The summed E-state index contributed by atoms with van der Waals surface area (Å²) >= 11 is 0. The molecule has 1 aromatic heterocycles. The summed E-state index contributed by atoms with van der Waals surface area (Å²) in [6.45, 7) is 3.66. The first-order valence-electron chi connectivity index (χ1n) is 9.79. The quantitative estimate of drug-likeness (QED) is 0.489. The highest BCUT2D eigenvalue weighted by atomic mass is 19.1. The lowest BCUT2D eigenvalue weighted by Crippen LogP contribution is -3.14. The summed E-state index contributed by atoms with van der Waals surface area (Å²) in [6.07, 6.45) is 1.66. The number of amides is 1. The number of benzene rings is 2. The Balaban J connectivity index is 1.35. The van der Waals surface area contributed by atoms with E-state index in [0.29, 0.717) is 11.2 Å². The summed E-state index contributed by atoms with van der Waals surface area (Å²) in [7, 11) is 0.